The van der Waals surface area contributed by atoms with Crippen molar-refractivity contribution in [2.45, 2.75) is 103 Å². The van der Waals surface area contributed by atoms with Crippen LogP contribution in [0, 0.1) is 0 Å². The van der Waals surface area contributed by atoms with Crippen LogP contribution < -0.4 is 0 Å². The van der Waals surface area contributed by atoms with Crippen molar-refractivity contribution >= 4 is 0 Å². The van der Waals surface area contributed by atoms with Gasteiger partial charge in [0.15, 0.2) is 0 Å². The monoisotopic (exact) mass is 297 g/mol. The Bertz CT molecular complexity index is 87.7. The van der Waals surface area contributed by atoms with Crippen LogP contribution in [0.2, 0.25) is 0 Å². The molecule has 1 atom stereocenters. The normalized spacial score (nSPS) is 14.8. The van der Waals surface area contributed by atoms with Gasteiger partial charge in [-0.15, -0.1) is 0 Å². The van der Waals surface area contributed by atoms with Gasteiger partial charge in [-0.05, 0) is 6.42 Å². The third-order valence-corrected chi connectivity index (χ3v) is 1.06. The lowest BCUT2D eigenvalue weighted by molar-refractivity contribution is 0.403. The molecular formula is C18H49O2+. The van der Waals surface area contributed by atoms with Gasteiger partial charge in [-0.1, -0.05) is 90.0 Å². The standard InChI is InChI=1S/C4H8O.3C3H8.C2H4O.3CH4/c1-2-4-3-5-4;3*1-3-2;1-2-3-1;;;/h4H,2-3H2,1H3;3*3H2,1-2H3;1-2H2;3*1H4/p+1. The molecule has 2 rings (SSSR count). The fourth-order valence-electron chi connectivity index (χ4n) is 0.304. The van der Waals surface area contributed by atoms with Crippen LogP contribution in [0.4, 0.5) is 0 Å². The average molecular weight is 298 g/mol. The van der Waals surface area contributed by atoms with E-state index in [4.69, 9.17) is 4.74 Å². The maximum atomic E-state index is 4.86. The van der Waals surface area contributed by atoms with E-state index in [9.17, 15) is 0 Å². The van der Waals surface area contributed by atoms with E-state index in [0.717, 1.165) is 19.8 Å². The molecule has 0 bridgehead atoms. The average Bonchev–Trinajstić information content (AvgIpc) is 3.14. The molecule has 0 aromatic rings. The van der Waals surface area contributed by atoms with Crippen LogP contribution >= 0.6 is 0 Å². The summed E-state index contributed by atoms with van der Waals surface area (Å²) >= 11 is 0. The molecule has 0 aromatic carbocycles. The summed E-state index contributed by atoms with van der Waals surface area (Å²) in [5.74, 6) is 0. The third kappa shape index (κ3) is 146. The topological polar surface area (TPSA) is 25.1 Å². The fraction of sp³-hybridized carbons (Fsp3) is 1.00. The molecule has 0 aromatic heterocycles. The van der Waals surface area contributed by atoms with Crippen LogP contribution in [0.1, 0.15) is 97.9 Å². The Balaban J connectivity index is -0.0000000227. The Morgan fingerprint density at radius 1 is 0.750 bits per heavy atom. The molecular weight excluding hydrogens is 248 g/mol. The van der Waals surface area contributed by atoms with Crippen LogP contribution in [0.25, 0.3) is 0 Å². The summed E-state index contributed by atoms with van der Waals surface area (Å²) in [6.07, 6.45) is 5.58. The fourth-order valence-corrected chi connectivity index (χ4v) is 0.304. The predicted molar refractivity (Wildman–Crippen MR) is 100 cm³/mol. The van der Waals surface area contributed by atoms with Gasteiger partial charge < -0.3 is 9.47 Å². The van der Waals surface area contributed by atoms with Crippen LogP contribution in [0.15, 0.2) is 0 Å². The van der Waals surface area contributed by atoms with Crippen molar-refractivity contribution in [3.8, 4) is 0 Å². The summed E-state index contributed by atoms with van der Waals surface area (Å²) in [4.78, 5) is 0. The van der Waals surface area contributed by atoms with Crippen LogP contribution in [0.5, 0.6) is 0 Å². The lowest BCUT2D eigenvalue weighted by Gasteiger charge is -1.69. The Morgan fingerprint density at radius 2 is 0.950 bits per heavy atom. The Hall–Kier alpha value is -0.0800. The van der Waals surface area contributed by atoms with E-state index in [-0.39, 0.29) is 23.7 Å². The second kappa shape index (κ2) is 42.8. The van der Waals surface area contributed by atoms with Crippen LogP contribution in [-0.2, 0) is 9.47 Å². The molecule has 0 radical (unpaired) electrons. The van der Waals surface area contributed by atoms with Gasteiger partial charge in [0, 0.05) is 0 Å². The number of hydrogen-bond donors (Lipinski definition) is 0. The zero-order chi connectivity index (χ0) is 13.9. The van der Waals surface area contributed by atoms with Gasteiger partial charge >= 0.3 is 1.43 Å². The van der Waals surface area contributed by atoms with Crippen molar-refractivity contribution in [2.24, 2.45) is 0 Å². The molecule has 0 spiro atoms. The molecule has 2 heterocycles. The van der Waals surface area contributed by atoms with Gasteiger partial charge in [-0.3, -0.25) is 0 Å². The molecule has 2 aliphatic rings. The van der Waals surface area contributed by atoms with Gasteiger partial charge in [0.25, 0.3) is 0 Å². The minimum atomic E-state index is 0. The van der Waals surface area contributed by atoms with Crippen molar-refractivity contribution in [3.05, 3.63) is 0 Å². The molecule has 2 aliphatic heterocycles. The lowest BCUT2D eigenvalue weighted by atomic mass is 10.4. The molecule has 2 fully saturated rings. The van der Waals surface area contributed by atoms with Gasteiger partial charge in [0.1, 0.15) is 0 Å². The summed E-state index contributed by atoms with van der Waals surface area (Å²) in [6.45, 7) is 17.9. The molecule has 0 N–H and O–H groups in total. The van der Waals surface area contributed by atoms with Crippen molar-refractivity contribution in [1.29, 1.82) is 0 Å². The first-order valence-corrected chi connectivity index (χ1v) is 7.37. The zero-order valence-electron chi connectivity index (χ0n) is 14.3. The van der Waals surface area contributed by atoms with Crippen LogP contribution in [0.3, 0.4) is 0 Å². The maximum absolute atomic E-state index is 4.86. The number of epoxide rings is 2. The van der Waals surface area contributed by atoms with E-state index >= 15 is 0 Å². The number of rotatable bonds is 1. The molecule has 2 heteroatoms. The molecule has 20 heavy (non-hydrogen) atoms. The van der Waals surface area contributed by atoms with E-state index in [0.29, 0.717) is 6.10 Å². The summed E-state index contributed by atoms with van der Waals surface area (Å²) in [5.41, 5.74) is 0. The largest absolute Gasteiger partial charge is 1.00 e. The van der Waals surface area contributed by atoms with Gasteiger partial charge in [0.05, 0.1) is 25.9 Å². The predicted octanol–water partition coefficient (Wildman–Crippen LogP) is 7.08. The van der Waals surface area contributed by atoms with E-state index in [1.807, 2.05) is 0 Å². The summed E-state index contributed by atoms with van der Waals surface area (Å²) in [5, 5.41) is 0. The summed E-state index contributed by atoms with van der Waals surface area (Å²) < 4.78 is 9.36. The first-order chi connectivity index (χ1) is 8.17. The molecule has 2 saturated heterocycles. The minimum absolute atomic E-state index is 0. The first-order valence-electron chi connectivity index (χ1n) is 7.37. The first kappa shape index (κ1) is 36.8. The van der Waals surface area contributed by atoms with Gasteiger partial charge in [-0.2, -0.15) is 0 Å². The number of ether oxygens (including phenoxy) is 2. The molecule has 0 aliphatic carbocycles. The third-order valence-electron chi connectivity index (χ3n) is 1.06. The van der Waals surface area contributed by atoms with E-state index < -0.39 is 0 Å². The zero-order valence-corrected chi connectivity index (χ0v) is 13.3. The van der Waals surface area contributed by atoms with Crippen molar-refractivity contribution in [1.82, 2.24) is 0 Å². The lowest BCUT2D eigenvalue weighted by Crippen LogP contribution is -1.73. The van der Waals surface area contributed by atoms with E-state index in [1.165, 1.54) is 25.7 Å². The molecule has 2 nitrogen and oxygen atoms in total. The Kier molecular flexibility index (Phi) is 78.7. The highest BCUT2D eigenvalue weighted by Crippen LogP contribution is 2.10. The molecule has 0 saturated carbocycles. The van der Waals surface area contributed by atoms with Crippen molar-refractivity contribution in [3.63, 3.8) is 0 Å². The second-order valence-corrected chi connectivity index (χ2v) is 4.10. The Labute approximate surface area is 134 Å². The van der Waals surface area contributed by atoms with E-state index in [1.54, 1.807) is 0 Å². The quantitative estimate of drug-likeness (QED) is 0.483. The summed E-state index contributed by atoms with van der Waals surface area (Å²) in [7, 11) is 0. The van der Waals surface area contributed by atoms with Gasteiger partial charge in [0.2, 0.25) is 0 Å². The SMILES string of the molecule is C.C.C.C1CO1.CCC.CCC.CCC.CCC1CO1.[H+]. The second-order valence-electron chi connectivity index (χ2n) is 4.10. The number of hydrogen-bond acceptors (Lipinski definition) is 2. The van der Waals surface area contributed by atoms with E-state index in [2.05, 4.69) is 53.2 Å². The summed E-state index contributed by atoms with van der Waals surface area (Å²) in [6, 6.07) is 0. The van der Waals surface area contributed by atoms with Crippen molar-refractivity contribution < 1.29 is 10.9 Å². The maximum Gasteiger partial charge on any atom is 1.00 e. The Morgan fingerprint density at radius 3 is 0.950 bits per heavy atom. The molecule has 132 valence electrons. The minimum Gasteiger partial charge on any atom is -0.377 e. The van der Waals surface area contributed by atoms with Crippen molar-refractivity contribution in [2.75, 3.05) is 19.8 Å². The smallest absolute Gasteiger partial charge is 0.377 e. The van der Waals surface area contributed by atoms with Crippen LogP contribution in [-0.4, -0.2) is 25.9 Å². The molecule has 0 amide bonds. The highest BCUT2D eigenvalue weighted by atomic mass is 16.6. The van der Waals surface area contributed by atoms with Gasteiger partial charge in [-0.25, -0.2) is 0 Å². The molecule has 1 unspecified atom stereocenters. The highest BCUT2D eigenvalue weighted by Gasteiger charge is 2.18. The highest BCUT2D eigenvalue weighted by molar-refractivity contribution is 4.64.